The van der Waals surface area contributed by atoms with Gasteiger partial charge < -0.3 is 19.9 Å². The van der Waals surface area contributed by atoms with E-state index < -0.39 is 0 Å². The van der Waals surface area contributed by atoms with Crippen LogP contribution in [0.25, 0.3) is 10.9 Å². The van der Waals surface area contributed by atoms with Gasteiger partial charge in [-0.15, -0.1) is 0 Å². The van der Waals surface area contributed by atoms with Crippen LogP contribution in [-0.4, -0.2) is 52.0 Å². The summed E-state index contributed by atoms with van der Waals surface area (Å²) in [6.45, 7) is 4.49. The molecule has 7 heteroatoms. The van der Waals surface area contributed by atoms with E-state index in [-0.39, 0.29) is 12.2 Å². The van der Waals surface area contributed by atoms with Gasteiger partial charge in [0.05, 0.1) is 30.2 Å². The van der Waals surface area contributed by atoms with Crippen molar-refractivity contribution < 1.29 is 14.6 Å². The third-order valence-corrected chi connectivity index (χ3v) is 6.01. The molecule has 0 spiro atoms. The van der Waals surface area contributed by atoms with E-state index in [0.29, 0.717) is 17.7 Å². The maximum absolute atomic E-state index is 9.90. The van der Waals surface area contributed by atoms with Crippen molar-refractivity contribution in [1.29, 1.82) is 0 Å². The highest BCUT2D eigenvalue weighted by Gasteiger charge is 2.25. The molecule has 1 saturated heterocycles. The van der Waals surface area contributed by atoms with Gasteiger partial charge in [0.25, 0.3) is 0 Å². The van der Waals surface area contributed by atoms with Gasteiger partial charge in [-0.1, -0.05) is 13.3 Å². The first-order chi connectivity index (χ1) is 14.2. The number of hydrogen-bond acceptors (Lipinski definition) is 7. The molecule has 7 nitrogen and oxygen atoms in total. The third-order valence-electron chi connectivity index (χ3n) is 6.01. The van der Waals surface area contributed by atoms with E-state index >= 15 is 0 Å². The lowest BCUT2D eigenvalue weighted by molar-refractivity contribution is 0.0244. The Labute approximate surface area is 172 Å². The van der Waals surface area contributed by atoms with Crippen LogP contribution < -0.4 is 10.1 Å². The monoisotopic (exact) mass is 400 g/mol. The summed E-state index contributed by atoms with van der Waals surface area (Å²) < 4.78 is 11.7. The van der Waals surface area contributed by atoms with Gasteiger partial charge in [0.2, 0.25) is 11.8 Å². The lowest BCUT2D eigenvalue weighted by atomic mass is 9.83. The Kier molecular flexibility index (Phi) is 6.77. The summed E-state index contributed by atoms with van der Waals surface area (Å²) in [5.74, 6) is 1.64. The van der Waals surface area contributed by atoms with Crippen LogP contribution in [0.3, 0.4) is 0 Å². The number of nitrogens with one attached hydrogen (secondary N) is 1. The van der Waals surface area contributed by atoms with Crippen LogP contribution in [-0.2, 0) is 4.74 Å². The Morgan fingerprint density at radius 1 is 1.10 bits per heavy atom. The molecule has 0 amide bonds. The number of aliphatic hydroxyl groups excluding tert-OH is 1. The molecular weight excluding hydrogens is 368 g/mol. The van der Waals surface area contributed by atoms with Gasteiger partial charge in [-0.25, -0.2) is 15.0 Å². The summed E-state index contributed by atoms with van der Waals surface area (Å²) in [4.78, 5) is 14.1. The molecule has 0 radical (unpaired) electrons. The predicted octanol–water partition coefficient (Wildman–Crippen LogP) is 3.81. The molecule has 1 aliphatic heterocycles. The quantitative estimate of drug-likeness (QED) is 0.683. The van der Waals surface area contributed by atoms with Crippen LogP contribution in [0.4, 0.5) is 5.95 Å². The Bertz CT molecular complexity index is 802. The number of rotatable bonds is 7. The summed E-state index contributed by atoms with van der Waals surface area (Å²) in [6, 6.07) is 0. The maximum atomic E-state index is 9.90. The second kappa shape index (κ2) is 9.67. The van der Waals surface area contributed by atoms with Gasteiger partial charge in [-0.2, -0.15) is 0 Å². The van der Waals surface area contributed by atoms with E-state index in [0.717, 1.165) is 87.6 Å². The highest BCUT2D eigenvalue weighted by Crippen LogP contribution is 2.38. The molecule has 1 saturated carbocycles. The minimum atomic E-state index is -0.178. The molecule has 2 aliphatic rings. The Morgan fingerprint density at radius 3 is 2.66 bits per heavy atom. The van der Waals surface area contributed by atoms with Crippen LogP contribution in [0.2, 0.25) is 0 Å². The average Bonchev–Trinajstić information content (AvgIpc) is 2.75. The minimum Gasteiger partial charge on any atom is -0.474 e. The van der Waals surface area contributed by atoms with E-state index in [2.05, 4.69) is 22.2 Å². The first kappa shape index (κ1) is 20.3. The molecule has 4 rings (SSSR count). The van der Waals surface area contributed by atoms with Gasteiger partial charge in [0.1, 0.15) is 6.10 Å². The molecule has 29 heavy (non-hydrogen) atoms. The van der Waals surface area contributed by atoms with Crippen molar-refractivity contribution in [2.24, 2.45) is 0 Å². The molecule has 2 fully saturated rings. The molecule has 0 bridgehead atoms. The lowest BCUT2D eigenvalue weighted by Gasteiger charge is -2.27. The second-order valence-corrected chi connectivity index (χ2v) is 8.19. The molecular formula is C22H32N4O3. The second-order valence-electron chi connectivity index (χ2n) is 8.19. The molecule has 1 aliphatic carbocycles. The number of aliphatic hydroxyl groups is 1. The highest BCUT2D eigenvalue weighted by molar-refractivity contribution is 5.86. The largest absolute Gasteiger partial charge is 0.474 e. The first-order valence-corrected chi connectivity index (χ1v) is 11.1. The number of unbranched alkanes of at least 4 members (excludes halogenated alkanes) is 1. The predicted molar refractivity (Wildman–Crippen MR) is 112 cm³/mol. The number of ether oxygens (including phenoxy) is 2. The zero-order valence-electron chi connectivity index (χ0n) is 17.3. The molecule has 3 heterocycles. The summed E-state index contributed by atoms with van der Waals surface area (Å²) in [5.41, 5.74) is 2.07. The topological polar surface area (TPSA) is 89.4 Å². The third kappa shape index (κ3) is 4.95. The van der Waals surface area contributed by atoms with E-state index in [1.807, 2.05) is 12.4 Å². The van der Waals surface area contributed by atoms with Crippen LogP contribution >= 0.6 is 0 Å². The van der Waals surface area contributed by atoms with Gasteiger partial charge in [-0.3, -0.25) is 0 Å². The lowest BCUT2D eigenvalue weighted by Crippen LogP contribution is -2.26. The molecule has 0 atom stereocenters. The Balaban J connectivity index is 1.65. The van der Waals surface area contributed by atoms with Crippen molar-refractivity contribution in [1.82, 2.24) is 15.0 Å². The van der Waals surface area contributed by atoms with Gasteiger partial charge in [0, 0.05) is 37.3 Å². The fourth-order valence-corrected chi connectivity index (χ4v) is 4.21. The normalized spacial score (nSPS) is 23.2. The Morgan fingerprint density at radius 2 is 1.90 bits per heavy atom. The minimum absolute atomic E-state index is 0.123. The molecule has 2 aromatic heterocycles. The van der Waals surface area contributed by atoms with Crippen molar-refractivity contribution in [3.63, 3.8) is 0 Å². The van der Waals surface area contributed by atoms with E-state index in [4.69, 9.17) is 14.5 Å². The standard InChI is InChI=1S/C22H32N4O3/c1-2-3-10-23-22-25-14-19-20(26-22)18(15-4-6-16(27)7-5-15)13-24-21(19)29-17-8-11-28-12-9-17/h13-17,27H,2-12H2,1H3,(H,23,25,26). The number of anilines is 1. The van der Waals surface area contributed by atoms with Crippen molar-refractivity contribution >= 4 is 16.9 Å². The van der Waals surface area contributed by atoms with E-state index in [9.17, 15) is 5.11 Å². The number of nitrogens with zero attached hydrogens (tertiary/aromatic N) is 3. The van der Waals surface area contributed by atoms with Crippen molar-refractivity contribution in [2.45, 2.75) is 76.4 Å². The molecule has 0 aromatic carbocycles. The van der Waals surface area contributed by atoms with Gasteiger partial charge in [0.15, 0.2) is 0 Å². The number of hydrogen-bond donors (Lipinski definition) is 2. The summed E-state index contributed by atoms with van der Waals surface area (Å²) >= 11 is 0. The highest BCUT2D eigenvalue weighted by atomic mass is 16.5. The molecule has 2 aromatic rings. The van der Waals surface area contributed by atoms with Crippen molar-refractivity contribution in [3.05, 3.63) is 18.0 Å². The fourth-order valence-electron chi connectivity index (χ4n) is 4.21. The molecule has 158 valence electrons. The van der Waals surface area contributed by atoms with Crippen LogP contribution in [0, 0.1) is 0 Å². The number of fused-ring (bicyclic) bond motifs is 1. The average molecular weight is 401 g/mol. The van der Waals surface area contributed by atoms with Crippen LogP contribution in [0.5, 0.6) is 5.88 Å². The van der Waals surface area contributed by atoms with Crippen molar-refractivity contribution in [2.75, 3.05) is 25.1 Å². The number of aromatic nitrogens is 3. The SMILES string of the molecule is CCCCNc1ncc2c(OC3CCOCC3)ncc(C3CCC(O)CC3)c2n1. The summed E-state index contributed by atoms with van der Waals surface area (Å²) in [6.07, 6.45) is 11.3. The summed E-state index contributed by atoms with van der Waals surface area (Å²) in [5, 5.41) is 14.1. The van der Waals surface area contributed by atoms with E-state index in [1.165, 1.54) is 0 Å². The van der Waals surface area contributed by atoms with Gasteiger partial charge >= 0.3 is 0 Å². The Hall–Kier alpha value is -1.99. The summed E-state index contributed by atoms with van der Waals surface area (Å²) in [7, 11) is 0. The van der Waals surface area contributed by atoms with Gasteiger partial charge in [-0.05, 0) is 38.0 Å². The zero-order valence-corrected chi connectivity index (χ0v) is 17.3. The maximum Gasteiger partial charge on any atom is 0.224 e. The first-order valence-electron chi connectivity index (χ1n) is 11.1. The fraction of sp³-hybridized carbons (Fsp3) is 0.682. The number of pyridine rings is 1. The van der Waals surface area contributed by atoms with E-state index in [1.54, 1.807) is 0 Å². The van der Waals surface area contributed by atoms with Crippen LogP contribution in [0.1, 0.15) is 69.8 Å². The van der Waals surface area contributed by atoms with Crippen molar-refractivity contribution in [3.8, 4) is 5.88 Å². The zero-order chi connectivity index (χ0) is 20.1. The molecule has 2 N–H and O–H groups in total. The smallest absolute Gasteiger partial charge is 0.224 e. The molecule has 0 unspecified atom stereocenters. The van der Waals surface area contributed by atoms with Crippen LogP contribution in [0.15, 0.2) is 12.4 Å².